The summed E-state index contributed by atoms with van der Waals surface area (Å²) in [5, 5.41) is 7.21. The molecule has 2 heterocycles. The number of carbonyl (C=O) groups is 1. The van der Waals surface area contributed by atoms with Gasteiger partial charge >= 0.3 is 5.69 Å². The maximum Gasteiger partial charge on any atom is 0.353 e. The van der Waals surface area contributed by atoms with Crippen LogP contribution in [0.1, 0.15) is 10.5 Å². The molecule has 0 spiro atoms. The van der Waals surface area contributed by atoms with Crippen molar-refractivity contribution < 1.29 is 4.79 Å². The molecule has 0 aromatic carbocycles. The molecule has 0 saturated heterocycles. The number of carbonyl (C=O) groups excluding carboxylic acids is 1. The van der Waals surface area contributed by atoms with E-state index >= 15 is 0 Å². The van der Waals surface area contributed by atoms with Crippen molar-refractivity contribution in [1.82, 2.24) is 24.4 Å². The van der Waals surface area contributed by atoms with Crippen molar-refractivity contribution in [2.75, 3.05) is 0 Å². The summed E-state index contributed by atoms with van der Waals surface area (Å²) in [4.78, 5) is 26.3. The molecule has 2 N–H and O–H groups in total. The van der Waals surface area contributed by atoms with Gasteiger partial charge in [-0.15, -0.1) is 11.5 Å². The third-order valence-electron chi connectivity index (χ3n) is 1.89. The van der Waals surface area contributed by atoms with E-state index in [-0.39, 0.29) is 17.9 Å². The van der Waals surface area contributed by atoms with Crippen LogP contribution in [0.15, 0.2) is 11.1 Å². The lowest BCUT2D eigenvalue weighted by molar-refractivity contribution is 0.0997. The molecule has 2 aromatic heterocycles. The van der Waals surface area contributed by atoms with Crippen LogP contribution in [0.25, 0.3) is 5.65 Å². The van der Waals surface area contributed by atoms with Crippen LogP contribution in [-0.2, 0) is 6.54 Å². The first-order valence-corrected chi connectivity index (χ1v) is 4.19. The van der Waals surface area contributed by atoms with Crippen LogP contribution in [0, 0.1) is 12.3 Å². The van der Waals surface area contributed by atoms with E-state index in [0.29, 0.717) is 0 Å². The molecule has 0 bridgehead atoms. The predicted octanol–water partition coefficient (Wildman–Crippen LogP) is -1.98. The van der Waals surface area contributed by atoms with Crippen LogP contribution < -0.4 is 11.4 Å². The first-order valence-electron chi connectivity index (χ1n) is 4.19. The normalized spacial score (nSPS) is 10.2. The molecule has 0 atom stereocenters. The Morgan fingerprint density at radius 2 is 2.38 bits per heavy atom. The van der Waals surface area contributed by atoms with Gasteiger partial charge in [0.25, 0.3) is 5.91 Å². The monoisotopic (exact) mass is 218 g/mol. The minimum Gasteiger partial charge on any atom is -0.364 e. The molecule has 8 nitrogen and oxygen atoms in total. The van der Waals surface area contributed by atoms with Crippen molar-refractivity contribution in [2.24, 2.45) is 5.73 Å². The molecule has 8 heteroatoms. The highest BCUT2D eigenvalue weighted by Gasteiger charge is 2.14. The smallest absolute Gasteiger partial charge is 0.353 e. The van der Waals surface area contributed by atoms with E-state index in [1.807, 2.05) is 0 Å². The Morgan fingerprint density at radius 1 is 1.62 bits per heavy atom. The van der Waals surface area contributed by atoms with Gasteiger partial charge in [0.1, 0.15) is 12.9 Å². The average molecular weight is 218 g/mol. The molecular weight excluding hydrogens is 212 g/mol. The number of hydrogen-bond acceptors (Lipinski definition) is 5. The number of nitrogens with zero attached hydrogens (tertiary/aromatic N) is 5. The summed E-state index contributed by atoms with van der Waals surface area (Å²) in [5.41, 5.74) is 4.44. The van der Waals surface area contributed by atoms with Gasteiger partial charge in [-0.25, -0.2) is 14.2 Å². The van der Waals surface area contributed by atoms with Crippen molar-refractivity contribution in [1.29, 1.82) is 0 Å². The fourth-order valence-corrected chi connectivity index (χ4v) is 1.20. The first-order chi connectivity index (χ1) is 7.65. The highest BCUT2D eigenvalue weighted by atomic mass is 16.2. The van der Waals surface area contributed by atoms with E-state index in [2.05, 4.69) is 21.2 Å². The van der Waals surface area contributed by atoms with Crippen LogP contribution >= 0.6 is 0 Å². The molecular formula is C8H6N6O2. The molecule has 1 amide bonds. The zero-order valence-electron chi connectivity index (χ0n) is 7.99. The van der Waals surface area contributed by atoms with Crippen molar-refractivity contribution in [3.8, 4) is 12.3 Å². The number of fused-ring (bicyclic) bond motifs is 1. The van der Waals surface area contributed by atoms with E-state index in [9.17, 15) is 9.59 Å². The largest absolute Gasteiger partial charge is 0.364 e. The summed E-state index contributed by atoms with van der Waals surface area (Å²) < 4.78 is 2.03. The minimum absolute atomic E-state index is 0.00808. The second kappa shape index (κ2) is 3.47. The number of aromatic nitrogens is 5. The highest BCUT2D eigenvalue weighted by Crippen LogP contribution is 2.00. The molecule has 2 aromatic rings. The topological polar surface area (TPSA) is 108 Å². The summed E-state index contributed by atoms with van der Waals surface area (Å²) in [7, 11) is 0. The maximum atomic E-state index is 11.7. The Labute approximate surface area is 88.7 Å². The fraction of sp³-hybridized carbons (Fsp3) is 0.125. The van der Waals surface area contributed by atoms with Crippen LogP contribution in [-0.4, -0.2) is 30.3 Å². The molecule has 0 fully saturated rings. The Morgan fingerprint density at radius 3 is 3.00 bits per heavy atom. The average Bonchev–Trinajstić information content (AvgIpc) is 2.67. The molecule has 0 aliphatic heterocycles. The van der Waals surface area contributed by atoms with Crippen molar-refractivity contribution in [2.45, 2.75) is 6.54 Å². The molecule has 0 unspecified atom stereocenters. The van der Waals surface area contributed by atoms with E-state index in [0.717, 1.165) is 15.4 Å². The predicted molar refractivity (Wildman–Crippen MR) is 52.4 cm³/mol. The zero-order chi connectivity index (χ0) is 11.7. The van der Waals surface area contributed by atoms with Crippen molar-refractivity contribution in [3.05, 3.63) is 22.5 Å². The van der Waals surface area contributed by atoms with Gasteiger partial charge in [-0.05, 0) is 0 Å². The van der Waals surface area contributed by atoms with Gasteiger partial charge in [0.05, 0.1) is 0 Å². The van der Waals surface area contributed by atoms with Crippen LogP contribution in [0.4, 0.5) is 0 Å². The van der Waals surface area contributed by atoms with Crippen LogP contribution in [0.3, 0.4) is 0 Å². The molecule has 0 saturated carbocycles. The maximum absolute atomic E-state index is 11.7. The minimum atomic E-state index is -0.772. The number of rotatable bonds is 2. The third-order valence-corrected chi connectivity index (χ3v) is 1.89. The quantitative estimate of drug-likeness (QED) is 0.587. The van der Waals surface area contributed by atoms with Gasteiger partial charge < -0.3 is 5.73 Å². The molecule has 16 heavy (non-hydrogen) atoms. The van der Waals surface area contributed by atoms with E-state index in [4.69, 9.17) is 12.2 Å². The second-order valence-corrected chi connectivity index (χ2v) is 2.88. The van der Waals surface area contributed by atoms with Gasteiger partial charge in [-0.1, -0.05) is 11.1 Å². The second-order valence-electron chi connectivity index (χ2n) is 2.88. The number of terminal acetylenes is 1. The Bertz CT molecular complexity index is 661. The van der Waals surface area contributed by atoms with Crippen LogP contribution in [0.2, 0.25) is 0 Å². The van der Waals surface area contributed by atoms with Crippen LogP contribution in [0.5, 0.6) is 0 Å². The van der Waals surface area contributed by atoms with Gasteiger partial charge in [-0.2, -0.15) is 4.68 Å². The Kier molecular flexibility index (Phi) is 2.13. The number of imidazole rings is 1. The van der Waals surface area contributed by atoms with Gasteiger partial charge in [0, 0.05) is 0 Å². The zero-order valence-corrected chi connectivity index (χ0v) is 7.99. The molecule has 0 radical (unpaired) electrons. The lowest BCUT2D eigenvalue weighted by Gasteiger charge is -1.98. The standard InChI is InChI=1S/C8H6N6O2/c1-2-3-14-8(16)13-4-10-5(6(9)15)7(13)11-12-14/h1,4H,3H2,(H2,9,15). The summed E-state index contributed by atoms with van der Waals surface area (Å²) in [5.74, 6) is 1.48. The first kappa shape index (κ1) is 9.85. The van der Waals surface area contributed by atoms with Crippen molar-refractivity contribution >= 4 is 11.6 Å². The Balaban J connectivity index is 2.75. The van der Waals surface area contributed by atoms with Gasteiger partial charge in [0.15, 0.2) is 11.3 Å². The van der Waals surface area contributed by atoms with Gasteiger partial charge in [0.2, 0.25) is 0 Å². The lowest BCUT2D eigenvalue weighted by Crippen LogP contribution is -2.29. The fourth-order valence-electron chi connectivity index (χ4n) is 1.20. The number of nitrogens with two attached hydrogens (primary N) is 1. The number of amides is 1. The molecule has 0 aliphatic carbocycles. The summed E-state index contributed by atoms with van der Waals surface area (Å²) in [6.07, 6.45) is 6.20. The molecule has 2 rings (SSSR count). The number of hydrogen-bond donors (Lipinski definition) is 1. The summed E-state index contributed by atoms with van der Waals surface area (Å²) in [6.45, 7) is -0.00808. The molecule has 0 aliphatic rings. The van der Waals surface area contributed by atoms with E-state index < -0.39 is 11.6 Å². The number of primary amides is 1. The van der Waals surface area contributed by atoms with Gasteiger partial charge in [-0.3, -0.25) is 4.79 Å². The van der Waals surface area contributed by atoms with Crippen molar-refractivity contribution in [3.63, 3.8) is 0 Å². The Hall–Kier alpha value is -2.69. The third kappa shape index (κ3) is 1.31. The van der Waals surface area contributed by atoms with E-state index in [1.165, 1.54) is 0 Å². The highest BCUT2D eigenvalue weighted by molar-refractivity contribution is 5.96. The van der Waals surface area contributed by atoms with E-state index in [1.54, 1.807) is 0 Å². The summed E-state index contributed by atoms with van der Waals surface area (Å²) in [6, 6.07) is 0. The molecule has 80 valence electrons. The lowest BCUT2D eigenvalue weighted by atomic mass is 10.4. The SMILES string of the molecule is C#CCn1nnc2c(C(N)=O)ncn2c1=O. The summed E-state index contributed by atoms with van der Waals surface area (Å²) >= 11 is 0.